The van der Waals surface area contributed by atoms with Gasteiger partial charge in [0.25, 0.3) is 11.8 Å². The second kappa shape index (κ2) is 11.7. The minimum atomic E-state index is -0.951. The van der Waals surface area contributed by atoms with E-state index >= 15 is 0 Å². The van der Waals surface area contributed by atoms with Gasteiger partial charge in [0.15, 0.2) is 0 Å². The van der Waals surface area contributed by atoms with Crippen LogP contribution in [0.1, 0.15) is 48.2 Å². The molecule has 242 valence electrons. The lowest BCUT2D eigenvalue weighted by Gasteiger charge is -2.35. The van der Waals surface area contributed by atoms with Crippen LogP contribution in [0.15, 0.2) is 97.1 Å². The number of carbonyl (C=O) groups excluding carboxylic acids is 4. The van der Waals surface area contributed by atoms with Crippen LogP contribution >= 0.6 is 23.2 Å². The Bertz CT molecular complexity index is 1810. The van der Waals surface area contributed by atoms with E-state index in [-0.39, 0.29) is 23.6 Å². The summed E-state index contributed by atoms with van der Waals surface area (Å²) in [5.74, 6) is -3.16. The van der Waals surface area contributed by atoms with Crippen LogP contribution in [0.5, 0.6) is 0 Å². The summed E-state index contributed by atoms with van der Waals surface area (Å²) in [6.45, 7) is 4.09. The second-order valence-electron chi connectivity index (χ2n) is 12.8. The Morgan fingerprint density at radius 3 is 1.10 bits per heavy atom. The van der Waals surface area contributed by atoms with Crippen LogP contribution in [-0.4, -0.2) is 45.7 Å². The molecular formula is C38H32Cl2N4O4. The summed E-state index contributed by atoms with van der Waals surface area (Å²) in [5.41, 5.74) is 4.61. The van der Waals surface area contributed by atoms with Crippen molar-refractivity contribution in [3.05, 3.63) is 129 Å². The van der Waals surface area contributed by atoms with Crippen molar-refractivity contribution >= 4 is 58.2 Å². The molecule has 10 heteroatoms. The van der Waals surface area contributed by atoms with Gasteiger partial charge in [0.2, 0.25) is 11.8 Å². The number of imide groups is 2. The summed E-state index contributed by atoms with van der Waals surface area (Å²) >= 11 is 12.6. The maximum Gasteiger partial charge on any atom is 0.253 e. The Morgan fingerprint density at radius 2 is 0.792 bits per heavy atom. The molecule has 4 fully saturated rings. The maximum absolute atomic E-state index is 14.6. The zero-order valence-electron chi connectivity index (χ0n) is 26.3. The lowest BCUT2D eigenvalue weighted by Crippen LogP contribution is -2.50. The van der Waals surface area contributed by atoms with Crippen LogP contribution in [0.4, 0.5) is 11.4 Å². The van der Waals surface area contributed by atoms with E-state index in [0.29, 0.717) is 21.4 Å². The third-order valence-electron chi connectivity index (χ3n) is 10.4. The van der Waals surface area contributed by atoms with Crippen LogP contribution in [0.3, 0.4) is 0 Å². The van der Waals surface area contributed by atoms with Crippen LogP contribution in [-0.2, 0) is 32.0 Å². The molecule has 4 aliphatic heterocycles. The van der Waals surface area contributed by atoms with Crippen molar-refractivity contribution in [1.82, 2.24) is 10.0 Å². The van der Waals surface area contributed by atoms with Crippen molar-refractivity contribution in [2.75, 3.05) is 9.80 Å². The topological polar surface area (TPSA) is 81.2 Å². The van der Waals surface area contributed by atoms with Gasteiger partial charge in [-0.25, -0.2) is 19.8 Å². The van der Waals surface area contributed by atoms with Crippen molar-refractivity contribution in [1.29, 1.82) is 0 Å². The number of hydrogen-bond donors (Lipinski definition) is 0. The summed E-state index contributed by atoms with van der Waals surface area (Å²) in [7, 11) is 0. The summed E-state index contributed by atoms with van der Waals surface area (Å²) in [5, 5.41) is 4.75. The molecule has 8 rings (SSSR count). The molecule has 4 aromatic carbocycles. The van der Waals surface area contributed by atoms with Gasteiger partial charge in [-0.05, 0) is 83.6 Å². The number of hydrogen-bond acceptors (Lipinski definition) is 6. The minimum absolute atomic E-state index is 0.348. The van der Waals surface area contributed by atoms with E-state index in [0.717, 1.165) is 35.1 Å². The average molecular weight is 680 g/mol. The summed E-state index contributed by atoms with van der Waals surface area (Å²) in [6.07, 6.45) is 1.64. The van der Waals surface area contributed by atoms with Gasteiger partial charge in [0.05, 0.1) is 35.3 Å². The molecule has 6 unspecified atom stereocenters. The Morgan fingerprint density at radius 1 is 0.458 bits per heavy atom. The average Bonchev–Trinajstić information content (AvgIpc) is 3.77. The Labute approximate surface area is 288 Å². The van der Waals surface area contributed by atoms with Gasteiger partial charge in [-0.1, -0.05) is 85.6 Å². The van der Waals surface area contributed by atoms with Gasteiger partial charge < -0.3 is 0 Å². The number of aryl methyl sites for hydroxylation is 2. The highest BCUT2D eigenvalue weighted by Gasteiger charge is 2.73. The second-order valence-corrected chi connectivity index (χ2v) is 13.6. The first-order valence-corrected chi connectivity index (χ1v) is 17.0. The Balaban J connectivity index is 1.30. The number of nitrogens with zero attached hydrogens (tertiary/aromatic N) is 4. The number of benzene rings is 4. The molecule has 0 spiro atoms. The number of anilines is 2. The summed E-state index contributed by atoms with van der Waals surface area (Å²) < 4.78 is 0. The fraction of sp³-hybridized carbons (Fsp3) is 0.263. The molecule has 0 radical (unpaired) electrons. The molecule has 48 heavy (non-hydrogen) atoms. The third kappa shape index (κ3) is 4.50. The van der Waals surface area contributed by atoms with E-state index < -0.39 is 36.0 Å². The first kappa shape index (κ1) is 31.0. The summed E-state index contributed by atoms with van der Waals surface area (Å²) in [6, 6.07) is 25.8. The number of halogens is 2. The molecule has 6 atom stereocenters. The molecular weight excluding hydrogens is 647 g/mol. The van der Waals surface area contributed by atoms with Crippen LogP contribution in [0.25, 0.3) is 0 Å². The Hall–Kier alpha value is -4.34. The highest BCUT2D eigenvalue weighted by molar-refractivity contribution is 6.31. The van der Waals surface area contributed by atoms with E-state index in [1.165, 1.54) is 9.80 Å². The molecule has 0 aromatic heterocycles. The highest BCUT2D eigenvalue weighted by atomic mass is 35.5. The van der Waals surface area contributed by atoms with Gasteiger partial charge in [-0.3, -0.25) is 19.2 Å². The largest absolute Gasteiger partial charge is 0.274 e. The molecule has 0 saturated carbocycles. The zero-order chi connectivity index (χ0) is 33.4. The first-order chi connectivity index (χ1) is 23.2. The number of fused-ring (bicyclic) bond motifs is 5. The first-order valence-electron chi connectivity index (χ1n) is 16.2. The quantitative estimate of drug-likeness (QED) is 0.215. The lowest BCUT2D eigenvalue weighted by atomic mass is 9.84. The lowest BCUT2D eigenvalue weighted by molar-refractivity contribution is -0.136. The molecule has 4 saturated heterocycles. The molecule has 8 nitrogen and oxygen atoms in total. The highest BCUT2D eigenvalue weighted by Crippen LogP contribution is 2.59. The standard InChI is InChI=1S/C38H32Cl2N4O4/c1-3-21-5-17-27(18-6-21)41-35(45)29-31(23-9-13-25(39)14-10-23)44-34-30(36(46)42(38(34)48)28-19-7-22(4-2)8-20-28)32(43(44)33(29)37(41)47)24-11-15-26(40)16-12-24/h5-20,29-34H,3-4H2,1-2H3. The normalized spacial score (nSPS) is 26.8. The molecule has 0 bridgehead atoms. The van der Waals surface area contributed by atoms with E-state index in [2.05, 4.69) is 0 Å². The van der Waals surface area contributed by atoms with Crippen molar-refractivity contribution < 1.29 is 19.2 Å². The van der Waals surface area contributed by atoms with Gasteiger partial charge in [0, 0.05) is 10.0 Å². The molecule has 4 heterocycles. The van der Waals surface area contributed by atoms with Crippen LogP contribution < -0.4 is 9.80 Å². The fourth-order valence-electron chi connectivity index (χ4n) is 8.09. The Kier molecular flexibility index (Phi) is 7.53. The molecule has 0 aliphatic carbocycles. The molecule has 4 aromatic rings. The number of amides is 4. The van der Waals surface area contributed by atoms with E-state index in [4.69, 9.17) is 23.2 Å². The minimum Gasteiger partial charge on any atom is -0.274 e. The van der Waals surface area contributed by atoms with Crippen molar-refractivity contribution in [3.63, 3.8) is 0 Å². The van der Waals surface area contributed by atoms with Crippen molar-refractivity contribution in [2.45, 2.75) is 50.9 Å². The number of rotatable bonds is 6. The monoisotopic (exact) mass is 678 g/mol. The smallest absolute Gasteiger partial charge is 0.253 e. The van der Waals surface area contributed by atoms with Gasteiger partial charge in [-0.15, -0.1) is 0 Å². The zero-order valence-corrected chi connectivity index (χ0v) is 27.8. The molecule has 4 aliphatic rings. The SMILES string of the molecule is CCc1ccc(N2C(=O)C3C(C2=O)N2C(c4ccc(Cl)cc4)C4C(=O)N(c5ccc(CC)cc5)C(=O)C4N2C3c2ccc(Cl)cc2)cc1. The van der Waals surface area contributed by atoms with Crippen LogP contribution in [0, 0.1) is 11.8 Å². The van der Waals surface area contributed by atoms with Gasteiger partial charge >= 0.3 is 0 Å². The van der Waals surface area contributed by atoms with Gasteiger partial charge in [0.1, 0.15) is 12.1 Å². The molecule has 4 amide bonds. The molecule has 0 N–H and O–H groups in total. The van der Waals surface area contributed by atoms with Crippen molar-refractivity contribution in [3.8, 4) is 0 Å². The van der Waals surface area contributed by atoms with E-state index in [1.807, 2.05) is 72.4 Å². The fourth-order valence-corrected chi connectivity index (χ4v) is 8.34. The van der Waals surface area contributed by atoms with E-state index in [1.54, 1.807) is 48.5 Å². The van der Waals surface area contributed by atoms with Crippen molar-refractivity contribution in [2.24, 2.45) is 11.8 Å². The third-order valence-corrected chi connectivity index (χ3v) is 10.9. The van der Waals surface area contributed by atoms with Crippen LogP contribution in [0.2, 0.25) is 10.0 Å². The maximum atomic E-state index is 14.6. The number of hydrazine groups is 1. The summed E-state index contributed by atoms with van der Waals surface area (Å²) in [4.78, 5) is 60.8. The van der Waals surface area contributed by atoms with E-state index in [9.17, 15) is 19.2 Å². The predicted molar refractivity (Wildman–Crippen MR) is 183 cm³/mol. The predicted octanol–water partition coefficient (Wildman–Crippen LogP) is 6.56. The number of carbonyl (C=O) groups is 4. The van der Waals surface area contributed by atoms with Gasteiger partial charge in [-0.2, -0.15) is 0 Å².